The van der Waals surface area contributed by atoms with Crippen molar-refractivity contribution in [3.05, 3.63) is 130 Å². The largest absolute Gasteiger partial charge is 0.508 e. The Morgan fingerprint density at radius 3 is 2.33 bits per heavy atom. The van der Waals surface area contributed by atoms with Crippen LogP contribution >= 0.6 is 0 Å². The van der Waals surface area contributed by atoms with Gasteiger partial charge in [0.1, 0.15) is 18.1 Å². The number of phenols is 1. The van der Waals surface area contributed by atoms with Crippen molar-refractivity contribution in [3.63, 3.8) is 0 Å². The number of phenolic OH excluding ortho intramolecular Hbond substituents is 1. The number of ether oxygens (including phenoxy) is 2. The predicted molar refractivity (Wildman–Crippen MR) is 154 cm³/mol. The number of benzene rings is 4. The maximum Gasteiger partial charge on any atom is 0.123 e. The number of aliphatic hydroxyl groups is 1. The minimum Gasteiger partial charge on any atom is -0.508 e. The SMILES string of the molecule is Oc1ccc2c(c1)C[C@@H](NC[C@H](O)c1ccc(OCc3ccccc3)c(CCOCc3ccccc3)c1)CC2. The van der Waals surface area contributed by atoms with Gasteiger partial charge in [-0.1, -0.05) is 72.8 Å². The summed E-state index contributed by atoms with van der Waals surface area (Å²) >= 11 is 0. The summed E-state index contributed by atoms with van der Waals surface area (Å²) in [4.78, 5) is 0. The summed E-state index contributed by atoms with van der Waals surface area (Å²) in [7, 11) is 0. The Bertz CT molecular complexity index is 1330. The molecule has 0 spiro atoms. The summed E-state index contributed by atoms with van der Waals surface area (Å²) < 4.78 is 12.2. The molecule has 5 rings (SSSR count). The first-order chi connectivity index (χ1) is 19.1. The van der Waals surface area contributed by atoms with Crippen LogP contribution in [-0.4, -0.2) is 29.4 Å². The van der Waals surface area contributed by atoms with E-state index in [1.807, 2.05) is 66.7 Å². The van der Waals surface area contributed by atoms with Gasteiger partial charge in [-0.05, 0) is 83.3 Å². The van der Waals surface area contributed by atoms with Gasteiger partial charge in [0.05, 0.1) is 19.3 Å². The second-order valence-electron chi connectivity index (χ2n) is 10.2. The van der Waals surface area contributed by atoms with Crippen LogP contribution in [0.3, 0.4) is 0 Å². The molecule has 0 unspecified atom stereocenters. The lowest BCUT2D eigenvalue weighted by atomic mass is 9.88. The van der Waals surface area contributed by atoms with Gasteiger partial charge in [-0.15, -0.1) is 0 Å². The Hall–Kier alpha value is -3.64. The molecule has 0 amide bonds. The van der Waals surface area contributed by atoms with Crippen molar-refractivity contribution in [1.29, 1.82) is 0 Å². The molecule has 0 fully saturated rings. The Kier molecular flexibility index (Phi) is 9.28. The lowest BCUT2D eigenvalue weighted by Gasteiger charge is -2.27. The van der Waals surface area contributed by atoms with Crippen LogP contribution in [0.4, 0.5) is 0 Å². The average molecular weight is 524 g/mol. The molecule has 4 aromatic carbocycles. The molecule has 0 heterocycles. The third-order valence-electron chi connectivity index (χ3n) is 7.35. The first kappa shape index (κ1) is 26.9. The zero-order valence-corrected chi connectivity index (χ0v) is 22.3. The normalized spacial score (nSPS) is 15.5. The molecule has 2 atom stereocenters. The molecule has 39 heavy (non-hydrogen) atoms. The molecule has 202 valence electrons. The smallest absolute Gasteiger partial charge is 0.123 e. The molecule has 0 aromatic heterocycles. The average Bonchev–Trinajstić information content (AvgIpc) is 2.98. The quantitative estimate of drug-likeness (QED) is 0.201. The van der Waals surface area contributed by atoms with Crippen LogP contribution in [-0.2, 0) is 37.2 Å². The molecular formula is C34H37NO4. The van der Waals surface area contributed by atoms with Gasteiger partial charge in [-0.3, -0.25) is 0 Å². The van der Waals surface area contributed by atoms with Crippen molar-refractivity contribution < 1.29 is 19.7 Å². The number of aliphatic hydroxyl groups excluding tert-OH is 1. The van der Waals surface area contributed by atoms with E-state index < -0.39 is 6.10 Å². The molecule has 0 bridgehead atoms. The second kappa shape index (κ2) is 13.4. The number of aromatic hydroxyl groups is 1. The number of rotatable bonds is 12. The highest BCUT2D eigenvalue weighted by Gasteiger charge is 2.20. The van der Waals surface area contributed by atoms with Crippen LogP contribution < -0.4 is 10.1 Å². The molecule has 0 radical (unpaired) electrons. The summed E-state index contributed by atoms with van der Waals surface area (Å²) in [5.41, 5.74) is 6.63. The zero-order chi connectivity index (χ0) is 26.9. The Labute approximate surface area is 231 Å². The van der Waals surface area contributed by atoms with Gasteiger partial charge in [0.15, 0.2) is 0 Å². The van der Waals surface area contributed by atoms with E-state index in [4.69, 9.17) is 9.47 Å². The van der Waals surface area contributed by atoms with Crippen molar-refractivity contribution in [2.45, 2.75) is 51.0 Å². The van der Waals surface area contributed by atoms with E-state index in [-0.39, 0.29) is 6.04 Å². The van der Waals surface area contributed by atoms with Gasteiger partial charge in [0, 0.05) is 12.6 Å². The lowest BCUT2D eigenvalue weighted by molar-refractivity contribution is 0.123. The molecule has 0 aliphatic heterocycles. The summed E-state index contributed by atoms with van der Waals surface area (Å²) in [6.07, 6.45) is 2.90. The highest BCUT2D eigenvalue weighted by Crippen LogP contribution is 2.27. The van der Waals surface area contributed by atoms with E-state index >= 15 is 0 Å². The van der Waals surface area contributed by atoms with Gasteiger partial charge in [0.2, 0.25) is 0 Å². The highest BCUT2D eigenvalue weighted by molar-refractivity contribution is 5.39. The maximum absolute atomic E-state index is 11.1. The van der Waals surface area contributed by atoms with Gasteiger partial charge < -0.3 is 25.0 Å². The van der Waals surface area contributed by atoms with Gasteiger partial charge in [-0.25, -0.2) is 0 Å². The number of hydrogen-bond acceptors (Lipinski definition) is 5. The Morgan fingerprint density at radius 1 is 0.821 bits per heavy atom. The first-order valence-electron chi connectivity index (χ1n) is 13.8. The number of aryl methyl sites for hydroxylation is 1. The zero-order valence-electron chi connectivity index (χ0n) is 22.3. The molecule has 3 N–H and O–H groups in total. The predicted octanol–water partition coefficient (Wildman–Crippen LogP) is 5.91. The van der Waals surface area contributed by atoms with Gasteiger partial charge in [0.25, 0.3) is 0 Å². The van der Waals surface area contributed by atoms with Crippen LogP contribution in [0, 0.1) is 0 Å². The first-order valence-corrected chi connectivity index (χ1v) is 13.8. The Morgan fingerprint density at radius 2 is 1.56 bits per heavy atom. The molecule has 1 aliphatic rings. The fourth-order valence-electron chi connectivity index (χ4n) is 5.14. The van der Waals surface area contributed by atoms with Crippen LogP contribution in [0.25, 0.3) is 0 Å². The van der Waals surface area contributed by atoms with Crippen molar-refractivity contribution in [1.82, 2.24) is 5.32 Å². The van der Waals surface area contributed by atoms with Crippen LogP contribution in [0.2, 0.25) is 0 Å². The molecular weight excluding hydrogens is 486 g/mol. The molecule has 1 aliphatic carbocycles. The van der Waals surface area contributed by atoms with Crippen LogP contribution in [0.1, 0.15) is 45.9 Å². The van der Waals surface area contributed by atoms with Crippen molar-refractivity contribution in [2.75, 3.05) is 13.2 Å². The van der Waals surface area contributed by atoms with E-state index in [1.54, 1.807) is 6.07 Å². The molecule has 0 saturated heterocycles. The lowest BCUT2D eigenvalue weighted by Crippen LogP contribution is -2.37. The third kappa shape index (κ3) is 7.70. The topological polar surface area (TPSA) is 71.0 Å². The Balaban J connectivity index is 1.21. The standard InChI is InChI=1S/C34H37NO4/c36-32-15-12-27-11-14-31(20-30(27)21-32)35-22-33(37)28-13-16-34(39-24-26-9-5-2-6-10-26)29(19-28)17-18-38-23-25-7-3-1-4-8-25/h1-10,12-13,15-16,19,21,31,33,35-37H,11,14,17-18,20,22-24H2/t31-,33-/m0/s1. The monoisotopic (exact) mass is 523 g/mol. The maximum atomic E-state index is 11.1. The molecule has 0 saturated carbocycles. The van der Waals surface area contributed by atoms with Crippen molar-refractivity contribution >= 4 is 0 Å². The van der Waals surface area contributed by atoms with E-state index in [0.717, 1.165) is 47.3 Å². The highest BCUT2D eigenvalue weighted by atomic mass is 16.5. The minimum atomic E-state index is -0.636. The summed E-state index contributed by atoms with van der Waals surface area (Å²) in [6.45, 7) is 2.08. The minimum absolute atomic E-state index is 0.272. The third-order valence-corrected chi connectivity index (χ3v) is 7.35. The summed E-state index contributed by atoms with van der Waals surface area (Å²) in [5.74, 6) is 1.12. The van der Waals surface area contributed by atoms with Gasteiger partial charge >= 0.3 is 0 Å². The fourth-order valence-corrected chi connectivity index (χ4v) is 5.14. The van der Waals surface area contributed by atoms with Gasteiger partial charge in [-0.2, -0.15) is 0 Å². The summed E-state index contributed by atoms with van der Waals surface area (Å²) in [6, 6.07) is 32.2. The van der Waals surface area contributed by atoms with E-state index in [0.29, 0.717) is 38.5 Å². The van der Waals surface area contributed by atoms with Crippen LogP contribution in [0.15, 0.2) is 97.1 Å². The number of nitrogens with one attached hydrogen (secondary N) is 1. The van der Waals surface area contributed by atoms with Crippen LogP contribution in [0.5, 0.6) is 11.5 Å². The summed E-state index contributed by atoms with van der Waals surface area (Å²) in [5, 5.41) is 24.5. The van der Waals surface area contributed by atoms with E-state index in [2.05, 4.69) is 29.6 Å². The van der Waals surface area contributed by atoms with E-state index in [1.165, 1.54) is 11.1 Å². The fraction of sp³-hybridized carbons (Fsp3) is 0.294. The number of hydrogen-bond donors (Lipinski definition) is 3. The molecule has 4 aromatic rings. The molecule has 5 heteroatoms. The van der Waals surface area contributed by atoms with Crippen molar-refractivity contribution in [3.8, 4) is 11.5 Å². The molecule has 5 nitrogen and oxygen atoms in total. The number of fused-ring (bicyclic) bond motifs is 1. The second-order valence-corrected chi connectivity index (χ2v) is 10.2. The van der Waals surface area contributed by atoms with Crippen molar-refractivity contribution in [2.24, 2.45) is 0 Å². The van der Waals surface area contributed by atoms with E-state index in [9.17, 15) is 10.2 Å².